The maximum absolute atomic E-state index is 13.0. The van der Waals surface area contributed by atoms with Gasteiger partial charge >= 0.3 is 5.97 Å². The highest BCUT2D eigenvalue weighted by Crippen LogP contribution is 2.33. The lowest BCUT2D eigenvalue weighted by molar-refractivity contribution is -0.384. The smallest absolute Gasteiger partial charge is 0.318 e. The number of non-ortho nitro benzene ring substituents is 1. The molecule has 0 fully saturated rings. The molecule has 4 aromatic rings. The normalized spacial score (nSPS) is 11.6. The van der Waals surface area contributed by atoms with Gasteiger partial charge in [0.15, 0.2) is 0 Å². The van der Waals surface area contributed by atoms with Gasteiger partial charge in [-0.3, -0.25) is 14.9 Å². The molecule has 0 saturated carbocycles. The molecule has 0 aliphatic heterocycles. The molecule has 1 heterocycles. The van der Waals surface area contributed by atoms with Crippen LogP contribution in [-0.2, 0) is 9.63 Å². The molecule has 0 N–H and O–H groups in total. The van der Waals surface area contributed by atoms with Crippen molar-refractivity contribution >= 4 is 45.0 Å². The van der Waals surface area contributed by atoms with Gasteiger partial charge in [-0.25, -0.2) is 4.79 Å². The number of para-hydroxylation sites is 1. The second kappa shape index (κ2) is 8.43. The predicted molar refractivity (Wildman–Crippen MR) is 121 cm³/mol. The summed E-state index contributed by atoms with van der Waals surface area (Å²) in [6.07, 6.45) is 0.314. The van der Waals surface area contributed by atoms with Gasteiger partial charge in [-0.2, -0.15) is 0 Å². The lowest BCUT2D eigenvalue weighted by atomic mass is 10.0. The number of hydrogen-bond donors (Lipinski definition) is 0. The Morgan fingerprint density at radius 1 is 1.00 bits per heavy atom. The molecule has 0 saturated heterocycles. The Bertz CT molecular complexity index is 1400. The number of fused-ring (bicyclic) bond motifs is 3. The minimum Gasteiger partial charge on any atom is -0.318 e. The minimum atomic E-state index is -0.592. The zero-order valence-electron chi connectivity index (χ0n) is 17.4. The van der Waals surface area contributed by atoms with Crippen LogP contribution in [0.1, 0.15) is 30.6 Å². The van der Waals surface area contributed by atoms with Crippen LogP contribution in [0.4, 0.5) is 5.69 Å². The molecule has 0 radical (unpaired) electrons. The van der Waals surface area contributed by atoms with E-state index in [0.29, 0.717) is 12.0 Å². The van der Waals surface area contributed by atoms with Crippen molar-refractivity contribution in [2.24, 2.45) is 5.16 Å². The quantitative estimate of drug-likeness (QED) is 0.138. The Balaban J connectivity index is 1.87. The van der Waals surface area contributed by atoms with Crippen molar-refractivity contribution in [2.75, 3.05) is 0 Å². The van der Waals surface area contributed by atoms with Gasteiger partial charge in [0, 0.05) is 41.1 Å². The maximum atomic E-state index is 13.0. The molecule has 0 aliphatic carbocycles. The van der Waals surface area contributed by atoms with E-state index < -0.39 is 10.9 Å². The standard InChI is InChI=1S/C24H19N3O5/c1-3-21(25-32-15(2)28)24(29)16-8-13-23-20(14-16)19-6-4-5-7-22(19)26(23)17-9-11-18(12-10-17)27(30)31/h4-14H,3H2,1-2H3/b25-21+. The van der Waals surface area contributed by atoms with E-state index in [-0.39, 0.29) is 17.2 Å². The van der Waals surface area contributed by atoms with Crippen molar-refractivity contribution < 1.29 is 19.3 Å². The van der Waals surface area contributed by atoms with Crippen LogP contribution in [0.15, 0.2) is 71.9 Å². The molecule has 0 unspecified atom stereocenters. The van der Waals surface area contributed by atoms with Crippen LogP contribution in [0, 0.1) is 10.1 Å². The third-order valence-electron chi connectivity index (χ3n) is 5.13. The number of nitro benzene ring substituents is 1. The summed E-state index contributed by atoms with van der Waals surface area (Å²) in [5.41, 5.74) is 3.13. The number of carbonyl (C=O) groups is 2. The number of carbonyl (C=O) groups excluding carboxylic acids is 2. The second-order valence-corrected chi connectivity index (χ2v) is 7.16. The number of benzene rings is 3. The molecule has 3 aromatic carbocycles. The number of ketones is 1. The van der Waals surface area contributed by atoms with Crippen molar-refractivity contribution in [3.63, 3.8) is 0 Å². The number of nitrogens with zero attached hydrogens (tertiary/aromatic N) is 3. The molecule has 8 nitrogen and oxygen atoms in total. The van der Waals surface area contributed by atoms with Crippen molar-refractivity contribution in [1.29, 1.82) is 0 Å². The number of rotatable bonds is 6. The van der Waals surface area contributed by atoms with E-state index in [1.165, 1.54) is 19.1 Å². The molecule has 4 rings (SSSR count). The second-order valence-electron chi connectivity index (χ2n) is 7.16. The van der Waals surface area contributed by atoms with Crippen LogP contribution in [0.3, 0.4) is 0 Å². The molecule has 0 amide bonds. The average molecular weight is 429 g/mol. The summed E-state index contributed by atoms with van der Waals surface area (Å²) in [5, 5.41) is 16.5. The van der Waals surface area contributed by atoms with E-state index >= 15 is 0 Å². The molecule has 0 atom stereocenters. The van der Waals surface area contributed by atoms with Crippen LogP contribution in [-0.4, -0.2) is 27.0 Å². The topological polar surface area (TPSA) is 104 Å². The number of hydrogen-bond acceptors (Lipinski definition) is 6. The minimum absolute atomic E-state index is 0.0153. The SMILES string of the molecule is CC/C(=N\OC(C)=O)C(=O)c1ccc2c(c1)c1ccccc1n2-c1ccc([N+](=O)[O-])cc1. The highest BCUT2D eigenvalue weighted by atomic mass is 16.7. The van der Waals surface area contributed by atoms with E-state index in [0.717, 1.165) is 27.5 Å². The molecule has 0 bridgehead atoms. The molecule has 8 heteroatoms. The highest BCUT2D eigenvalue weighted by Gasteiger charge is 2.18. The summed E-state index contributed by atoms with van der Waals surface area (Å²) >= 11 is 0. The Morgan fingerprint density at radius 2 is 1.69 bits per heavy atom. The monoisotopic (exact) mass is 429 g/mol. The number of nitro groups is 1. The average Bonchev–Trinajstić information content (AvgIpc) is 3.13. The van der Waals surface area contributed by atoms with Gasteiger partial charge < -0.3 is 9.40 Å². The van der Waals surface area contributed by atoms with Gasteiger partial charge in [-0.15, -0.1) is 0 Å². The Kier molecular flexibility index (Phi) is 5.51. The van der Waals surface area contributed by atoms with E-state index in [1.54, 1.807) is 31.2 Å². The molecule has 160 valence electrons. The van der Waals surface area contributed by atoms with E-state index in [9.17, 15) is 19.7 Å². The van der Waals surface area contributed by atoms with Crippen molar-refractivity contribution in [3.05, 3.63) is 82.4 Å². The fraction of sp³-hybridized carbons (Fsp3) is 0.125. The van der Waals surface area contributed by atoms with Crippen LogP contribution < -0.4 is 0 Å². The summed E-state index contributed by atoms with van der Waals surface area (Å²) in [6, 6.07) is 19.4. The van der Waals surface area contributed by atoms with Gasteiger partial charge in [0.25, 0.3) is 5.69 Å². The molecule has 32 heavy (non-hydrogen) atoms. The number of aromatic nitrogens is 1. The maximum Gasteiger partial charge on any atom is 0.331 e. The Morgan fingerprint density at radius 3 is 2.34 bits per heavy atom. The summed E-state index contributed by atoms with van der Waals surface area (Å²) in [4.78, 5) is 39.3. The summed E-state index contributed by atoms with van der Waals surface area (Å²) < 4.78 is 2.00. The molecule has 1 aromatic heterocycles. The van der Waals surface area contributed by atoms with E-state index in [2.05, 4.69) is 9.99 Å². The van der Waals surface area contributed by atoms with E-state index in [4.69, 9.17) is 0 Å². The molecular weight excluding hydrogens is 410 g/mol. The fourth-order valence-corrected chi connectivity index (χ4v) is 3.67. The van der Waals surface area contributed by atoms with Gasteiger partial charge in [0.1, 0.15) is 5.71 Å². The first-order valence-corrected chi connectivity index (χ1v) is 9.98. The van der Waals surface area contributed by atoms with Crippen LogP contribution in [0.5, 0.6) is 0 Å². The Labute approximate surface area is 182 Å². The van der Waals surface area contributed by atoms with Gasteiger partial charge in [-0.05, 0) is 42.8 Å². The van der Waals surface area contributed by atoms with Crippen LogP contribution in [0.2, 0.25) is 0 Å². The van der Waals surface area contributed by atoms with Crippen LogP contribution in [0.25, 0.3) is 27.5 Å². The zero-order chi connectivity index (χ0) is 22.8. The van der Waals surface area contributed by atoms with Gasteiger partial charge in [-0.1, -0.05) is 30.3 Å². The van der Waals surface area contributed by atoms with Gasteiger partial charge in [0.2, 0.25) is 5.78 Å². The first-order chi connectivity index (χ1) is 15.4. The van der Waals surface area contributed by atoms with Gasteiger partial charge in [0.05, 0.1) is 16.0 Å². The summed E-state index contributed by atoms with van der Waals surface area (Å²) in [6.45, 7) is 2.99. The predicted octanol–water partition coefficient (Wildman–Crippen LogP) is 5.20. The summed E-state index contributed by atoms with van der Waals surface area (Å²) in [5.74, 6) is -0.909. The number of oxime groups is 1. The lowest BCUT2D eigenvalue weighted by Crippen LogP contribution is -2.14. The molecule has 0 aliphatic rings. The first-order valence-electron chi connectivity index (χ1n) is 9.98. The first kappa shape index (κ1) is 20.9. The van der Waals surface area contributed by atoms with E-state index in [1.807, 2.05) is 34.9 Å². The summed E-state index contributed by atoms with van der Waals surface area (Å²) in [7, 11) is 0. The van der Waals surface area contributed by atoms with Crippen molar-refractivity contribution in [2.45, 2.75) is 20.3 Å². The van der Waals surface area contributed by atoms with Crippen LogP contribution >= 0.6 is 0 Å². The number of Topliss-reactive ketones (excluding diaryl/α,β-unsaturated/α-hetero) is 1. The Hall–Kier alpha value is -4.33. The van der Waals surface area contributed by atoms with Crippen molar-refractivity contribution in [1.82, 2.24) is 4.57 Å². The third kappa shape index (κ3) is 3.74. The fourth-order valence-electron chi connectivity index (χ4n) is 3.67. The zero-order valence-corrected chi connectivity index (χ0v) is 17.4. The third-order valence-corrected chi connectivity index (χ3v) is 5.13. The largest absolute Gasteiger partial charge is 0.331 e. The molecule has 0 spiro atoms. The van der Waals surface area contributed by atoms with Crippen molar-refractivity contribution in [3.8, 4) is 5.69 Å². The highest BCUT2D eigenvalue weighted by molar-refractivity contribution is 6.46. The molecular formula is C24H19N3O5. The lowest BCUT2D eigenvalue weighted by Gasteiger charge is -2.08.